The number of pyridine rings is 1. The summed E-state index contributed by atoms with van der Waals surface area (Å²) in [6.07, 6.45) is 3.25. The van der Waals surface area contributed by atoms with Crippen LogP contribution in [0.2, 0.25) is 0 Å². The minimum Gasteiger partial charge on any atom is -0.463 e. The van der Waals surface area contributed by atoms with Crippen LogP contribution in [0, 0.1) is 6.92 Å². The molecular weight excluding hydrogens is 256 g/mol. The molecule has 0 radical (unpaired) electrons. The summed E-state index contributed by atoms with van der Waals surface area (Å²) in [5.74, 6) is 0.795. The first kappa shape index (κ1) is 12.2. The Hall–Kier alpha value is -2.89. The van der Waals surface area contributed by atoms with Crippen molar-refractivity contribution in [2.24, 2.45) is 0 Å². The quantitative estimate of drug-likeness (QED) is 0.764. The van der Waals surface area contributed by atoms with Gasteiger partial charge in [-0.25, -0.2) is 4.98 Å². The Morgan fingerprint density at radius 1 is 1.35 bits per heavy atom. The van der Waals surface area contributed by atoms with Crippen molar-refractivity contribution >= 4 is 11.7 Å². The molecule has 6 heteroatoms. The average Bonchev–Trinajstić information content (AvgIpc) is 3.11. The molecule has 0 aliphatic carbocycles. The molecule has 0 aliphatic rings. The number of nitrogens with one attached hydrogen (secondary N) is 2. The first-order valence-corrected chi connectivity index (χ1v) is 6.06. The van der Waals surface area contributed by atoms with Crippen molar-refractivity contribution in [3.05, 3.63) is 54.0 Å². The van der Waals surface area contributed by atoms with Gasteiger partial charge in [0.05, 0.1) is 6.26 Å². The van der Waals surface area contributed by atoms with Gasteiger partial charge in [0, 0.05) is 12.3 Å². The number of nitrogens with zero attached hydrogens (tertiary/aromatic N) is 2. The number of amides is 1. The van der Waals surface area contributed by atoms with Gasteiger partial charge in [-0.2, -0.15) is 5.10 Å². The average molecular weight is 268 g/mol. The van der Waals surface area contributed by atoms with Gasteiger partial charge in [0.1, 0.15) is 11.5 Å². The van der Waals surface area contributed by atoms with Crippen molar-refractivity contribution in [3.63, 3.8) is 0 Å². The third-order valence-electron chi connectivity index (χ3n) is 2.75. The van der Waals surface area contributed by atoms with E-state index in [1.165, 1.54) is 0 Å². The molecule has 0 spiro atoms. The van der Waals surface area contributed by atoms with Gasteiger partial charge in [-0.05, 0) is 30.7 Å². The molecule has 0 bridgehead atoms. The molecule has 1 amide bonds. The lowest BCUT2D eigenvalue weighted by Crippen LogP contribution is -2.13. The van der Waals surface area contributed by atoms with E-state index in [0.29, 0.717) is 17.3 Å². The van der Waals surface area contributed by atoms with E-state index in [0.717, 1.165) is 5.56 Å². The molecule has 0 saturated heterocycles. The molecule has 2 N–H and O–H groups in total. The molecule has 3 heterocycles. The third-order valence-corrected chi connectivity index (χ3v) is 2.75. The summed E-state index contributed by atoms with van der Waals surface area (Å²) >= 11 is 0. The summed E-state index contributed by atoms with van der Waals surface area (Å²) in [4.78, 5) is 16.1. The Balaban J connectivity index is 1.76. The third kappa shape index (κ3) is 2.44. The summed E-state index contributed by atoms with van der Waals surface area (Å²) in [6, 6.07) is 8.81. The summed E-state index contributed by atoms with van der Waals surface area (Å²) in [6.45, 7) is 1.93. The van der Waals surface area contributed by atoms with Crippen molar-refractivity contribution in [3.8, 4) is 11.5 Å². The highest BCUT2D eigenvalue weighted by molar-refractivity contribution is 6.02. The molecule has 0 aromatic carbocycles. The first-order chi connectivity index (χ1) is 9.72. The number of carbonyl (C=O) groups excluding carboxylic acids is 1. The van der Waals surface area contributed by atoms with E-state index >= 15 is 0 Å². The maximum Gasteiger partial charge on any atom is 0.277 e. The Kier molecular flexibility index (Phi) is 3.04. The van der Waals surface area contributed by atoms with Gasteiger partial charge in [-0.3, -0.25) is 9.89 Å². The van der Waals surface area contributed by atoms with Crippen LogP contribution < -0.4 is 5.32 Å². The number of anilines is 1. The number of aryl methyl sites for hydroxylation is 1. The predicted molar refractivity (Wildman–Crippen MR) is 73.2 cm³/mol. The van der Waals surface area contributed by atoms with Crippen LogP contribution in [0.15, 0.2) is 47.2 Å². The van der Waals surface area contributed by atoms with E-state index in [1.54, 1.807) is 36.7 Å². The molecule has 3 aromatic rings. The van der Waals surface area contributed by atoms with Gasteiger partial charge in [-0.15, -0.1) is 0 Å². The minimum atomic E-state index is -0.324. The standard InChI is InChI=1S/C14H12N4O2/c1-9-4-5-13(15-8-9)16-14(19)11-7-10(17-18-11)12-3-2-6-20-12/h2-8H,1H3,(H,17,18)(H,15,16,19). The Morgan fingerprint density at radius 3 is 2.95 bits per heavy atom. The molecule has 0 aliphatic heterocycles. The van der Waals surface area contributed by atoms with E-state index in [-0.39, 0.29) is 11.6 Å². The molecule has 100 valence electrons. The van der Waals surface area contributed by atoms with Gasteiger partial charge >= 0.3 is 0 Å². The lowest BCUT2D eigenvalue weighted by atomic mass is 10.3. The van der Waals surface area contributed by atoms with Crippen LogP contribution in [0.4, 0.5) is 5.82 Å². The molecule has 20 heavy (non-hydrogen) atoms. The van der Waals surface area contributed by atoms with Crippen molar-refractivity contribution in [2.75, 3.05) is 5.32 Å². The maximum atomic E-state index is 12.0. The van der Waals surface area contributed by atoms with Crippen LogP contribution >= 0.6 is 0 Å². The van der Waals surface area contributed by atoms with Crippen LogP contribution in [0.1, 0.15) is 16.1 Å². The number of carbonyl (C=O) groups is 1. The zero-order valence-electron chi connectivity index (χ0n) is 10.8. The summed E-state index contributed by atoms with van der Waals surface area (Å²) in [5, 5.41) is 9.40. The number of furan rings is 1. The van der Waals surface area contributed by atoms with Crippen LogP contribution in [-0.2, 0) is 0 Å². The molecular formula is C14H12N4O2. The molecule has 3 rings (SSSR count). The fourth-order valence-corrected chi connectivity index (χ4v) is 1.72. The highest BCUT2D eigenvalue weighted by atomic mass is 16.3. The highest BCUT2D eigenvalue weighted by Gasteiger charge is 2.13. The molecule has 0 saturated carbocycles. The molecule has 3 aromatic heterocycles. The van der Waals surface area contributed by atoms with Crippen LogP contribution in [0.5, 0.6) is 0 Å². The van der Waals surface area contributed by atoms with E-state index in [9.17, 15) is 4.79 Å². The van der Waals surface area contributed by atoms with Crippen molar-refractivity contribution in [1.82, 2.24) is 15.2 Å². The predicted octanol–water partition coefficient (Wildman–Crippen LogP) is 2.63. The summed E-state index contributed by atoms with van der Waals surface area (Å²) in [5.41, 5.74) is 1.96. The lowest BCUT2D eigenvalue weighted by molar-refractivity contribution is 0.102. The zero-order valence-corrected chi connectivity index (χ0v) is 10.8. The smallest absolute Gasteiger partial charge is 0.277 e. The van der Waals surface area contributed by atoms with E-state index < -0.39 is 0 Å². The lowest BCUT2D eigenvalue weighted by Gasteiger charge is -2.01. The van der Waals surface area contributed by atoms with Crippen LogP contribution in [0.3, 0.4) is 0 Å². The molecule has 0 fully saturated rings. The van der Waals surface area contributed by atoms with Gasteiger partial charge < -0.3 is 9.73 Å². The van der Waals surface area contributed by atoms with Crippen molar-refractivity contribution in [1.29, 1.82) is 0 Å². The number of aromatic amines is 1. The fourth-order valence-electron chi connectivity index (χ4n) is 1.72. The van der Waals surface area contributed by atoms with E-state index in [2.05, 4.69) is 20.5 Å². The second kappa shape index (κ2) is 5.00. The molecule has 0 atom stereocenters. The SMILES string of the molecule is Cc1ccc(NC(=O)c2cc(-c3ccco3)[nH]n2)nc1. The summed E-state index contributed by atoms with van der Waals surface area (Å²) in [7, 11) is 0. The fraction of sp³-hybridized carbons (Fsp3) is 0.0714. The molecule has 0 unspecified atom stereocenters. The Labute approximate surface area is 114 Å². The Morgan fingerprint density at radius 2 is 2.25 bits per heavy atom. The topological polar surface area (TPSA) is 83.8 Å². The first-order valence-electron chi connectivity index (χ1n) is 6.06. The number of hydrogen-bond acceptors (Lipinski definition) is 4. The van der Waals surface area contributed by atoms with Crippen molar-refractivity contribution < 1.29 is 9.21 Å². The number of aromatic nitrogens is 3. The van der Waals surface area contributed by atoms with E-state index in [4.69, 9.17) is 4.42 Å². The largest absolute Gasteiger partial charge is 0.463 e. The number of H-pyrrole nitrogens is 1. The highest BCUT2D eigenvalue weighted by Crippen LogP contribution is 2.18. The number of rotatable bonds is 3. The molecule has 6 nitrogen and oxygen atoms in total. The van der Waals surface area contributed by atoms with Crippen LogP contribution in [0.25, 0.3) is 11.5 Å². The van der Waals surface area contributed by atoms with Gasteiger partial charge in [0.2, 0.25) is 0 Å². The maximum absolute atomic E-state index is 12.0. The van der Waals surface area contributed by atoms with Gasteiger partial charge in [0.25, 0.3) is 5.91 Å². The monoisotopic (exact) mass is 268 g/mol. The van der Waals surface area contributed by atoms with Gasteiger partial charge in [-0.1, -0.05) is 6.07 Å². The zero-order chi connectivity index (χ0) is 13.9. The Bertz CT molecular complexity index is 714. The second-order valence-corrected chi connectivity index (χ2v) is 4.32. The second-order valence-electron chi connectivity index (χ2n) is 4.32. The van der Waals surface area contributed by atoms with Crippen LogP contribution in [-0.4, -0.2) is 21.1 Å². The number of hydrogen-bond donors (Lipinski definition) is 2. The van der Waals surface area contributed by atoms with Gasteiger partial charge in [0.15, 0.2) is 11.5 Å². The normalized spacial score (nSPS) is 10.4. The minimum absolute atomic E-state index is 0.277. The summed E-state index contributed by atoms with van der Waals surface area (Å²) < 4.78 is 5.23. The van der Waals surface area contributed by atoms with Crippen molar-refractivity contribution in [2.45, 2.75) is 6.92 Å². The van der Waals surface area contributed by atoms with E-state index in [1.807, 2.05) is 13.0 Å².